The molecule has 0 saturated carbocycles. The van der Waals surface area contributed by atoms with Crippen LogP contribution >= 0.6 is 0 Å². The van der Waals surface area contributed by atoms with Crippen molar-refractivity contribution >= 4 is 12.0 Å². The van der Waals surface area contributed by atoms with E-state index < -0.39 is 0 Å². The summed E-state index contributed by atoms with van der Waals surface area (Å²) >= 11 is 0. The van der Waals surface area contributed by atoms with E-state index in [0.717, 1.165) is 19.3 Å². The number of rotatable bonds is 5. The number of carbonyl (C=O) groups is 1. The van der Waals surface area contributed by atoms with Crippen molar-refractivity contribution < 1.29 is 4.79 Å². The Balaban J connectivity index is 2.07. The first-order valence-corrected chi connectivity index (χ1v) is 8.04. The van der Waals surface area contributed by atoms with Crippen molar-refractivity contribution in [3.63, 3.8) is 0 Å². The molecule has 2 unspecified atom stereocenters. The van der Waals surface area contributed by atoms with E-state index in [1.54, 1.807) is 0 Å². The Bertz CT molecular complexity index is 652. The molecule has 3 rings (SSSR count). The topological polar surface area (TPSA) is 20.3 Å². The van der Waals surface area contributed by atoms with E-state index >= 15 is 0 Å². The molecule has 0 radical (unpaired) electrons. The molecular weight excluding hydrogens is 270 g/mol. The Kier molecular flexibility index (Phi) is 4.02. The van der Waals surface area contributed by atoms with Gasteiger partial charge < -0.3 is 9.69 Å². The quantitative estimate of drug-likeness (QED) is 0.777. The summed E-state index contributed by atoms with van der Waals surface area (Å²) in [6.07, 6.45) is 2.61. The van der Waals surface area contributed by atoms with Crippen molar-refractivity contribution in [2.24, 2.45) is 0 Å². The molecule has 1 heterocycles. The fourth-order valence-electron chi connectivity index (χ4n) is 4.00. The second-order valence-electron chi connectivity index (χ2n) is 6.30. The lowest BCUT2D eigenvalue weighted by atomic mass is 9.73. The highest BCUT2D eigenvalue weighted by atomic mass is 16.1. The maximum atomic E-state index is 11.3. The van der Waals surface area contributed by atoms with Gasteiger partial charge in [0.1, 0.15) is 6.29 Å². The van der Waals surface area contributed by atoms with Gasteiger partial charge in [-0.1, -0.05) is 55.5 Å². The van der Waals surface area contributed by atoms with Gasteiger partial charge in [-0.2, -0.15) is 0 Å². The second-order valence-corrected chi connectivity index (χ2v) is 6.30. The van der Waals surface area contributed by atoms with Crippen molar-refractivity contribution in [1.29, 1.82) is 0 Å². The van der Waals surface area contributed by atoms with Crippen LogP contribution in [0, 0.1) is 0 Å². The number of hydrogen-bond acceptors (Lipinski definition) is 2. The maximum Gasteiger partial charge on any atom is 0.122 e. The molecule has 0 saturated heterocycles. The van der Waals surface area contributed by atoms with Crippen LogP contribution in [-0.4, -0.2) is 18.9 Å². The zero-order chi connectivity index (χ0) is 15.6. The van der Waals surface area contributed by atoms with Crippen molar-refractivity contribution in [1.82, 2.24) is 0 Å². The Labute approximate surface area is 132 Å². The molecule has 0 spiro atoms. The highest BCUT2D eigenvalue weighted by molar-refractivity contribution is 5.67. The fraction of sp³-hybridized carbons (Fsp3) is 0.350. The Morgan fingerprint density at radius 2 is 1.77 bits per heavy atom. The van der Waals surface area contributed by atoms with Gasteiger partial charge in [-0.05, 0) is 30.5 Å². The van der Waals surface area contributed by atoms with Crippen LogP contribution in [0.2, 0.25) is 0 Å². The first kappa shape index (κ1) is 14.8. The number of nitrogens with zero attached hydrogens (tertiary/aromatic N) is 1. The second kappa shape index (κ2) is 5.96. The molecule has 114 valence electrons. The number of likely N-dealkylation sites (N-methyl/N-ethyl adjacent to an activating group) is 1. The van der Waals surface area contributed by atoms with E-state index in [0.29, 0.717) is 6.42 Å². The van der Waals surface area contributed by atoms with Crippen LogP contribution in [-0.2, 0) is 16.6 Å². The summed E-state index contributed by atoms with van der Waals surface area (Å²) in [5, 5.41) is 0. The third kappa shape index (κ3) is 2.33. The molecule has 0 fully saturated rings. The minimum Gasteiger partial charge on any atom is -0.367 e. The van der Waals surface area contributed by atoms with Crippen LogP contribution in [0.25, 0.3) is 0 Å². The molecule has 0 aliphatic carbocycles. The molecule has 0 amide bonds. The third-order valence-electron chi connectivity index (χ3n) is 5.01. The number of carbonyl (C=O) groups excluding carboxylic acids is 1. The van der Waals surface area contributed by atoms with Crippen LogP contribution in [0.4, 0.5) is 5.69 Å². The van der Waals surface area contributed by atoms with Gasteiger partial charge in [-0.3, -0.25) is 0 Å². The van der Waals surface area contributed by atoms with Gasteiger partial charge in [0.25, 0.3) is 0 Å². The van der Waals surface area contributed by atoms with E-state index in [1.165, 1.54) is 16.8 Å². The zero-order valence-electron chi connectivity index (χ0n) is 13.3. The lowest BCUT2D eigenvalue weighted by Crippen LogP contribution is -2.44. The SMILES string of the molecule is CCN1c2ccccc2C(C)(Cc2ccccc2)C1CC=O. The van der Waals surface area contributed by atoms with Gasteiger partial charge in [0.05, 0.1) is 0 Å². The van der Waals surface area contributed by atoms with Gasteiger partial charge in [0, 0.05) is 30.1 Å². The van der Waals surface area contributed by atoms with Crippen molar-refractivity contribution in [2.75, 3.05) is 11.4 Å². The molecule has 0 bridgehead atoms. The van der Waals surface area contributed by atoms with Gasteiger partial charge in [0.2, 0.25) is 0 Å². The monoisotopic (exact) mass is 293 g/mol. The smallest absolute Gasteiger partial charge is 0.122 e. The van der Waals surface area contributed by atoms with Crippen LogP contribution in [0.5, 0.6) is 0 Å². The Morgan fingerprint density at radius 1 is 1.09 bits per heavy atom. The highest BCUT2D eigenvalue weighted by Gasteiger charge is 2.46. The van der Waals surface area contributed by atoms with E-state index in [-0.39, 0.29) is 11.5 Å². The summed E-state index contributed by atoms with van der Waals surface area (Å²) in [5.41, 5.74) is 3.95. The average molecular weight is 293 g/mol. The largest absolute Gasteiger partial charge is 0.367 e. The van der Waals surface area contributed by atoms with Crippen molar-refractivity contribution in [3.8, 4) is 0 Å². The summed E-state index contributed by atoms with van der Waals surface area (Å²) in [6.45, 7) is 5.41. The number of hydrogen-bond donors (Lipinski definition) is 0. The standard InChI is InChI=1S/C20H23NO/c1-3-21-18-12-8-7-11-17(18)20(2,19(21)13-14-22)15-16-9-5-4-6-10-16/h4-12,14,19H,3,13,15H2,1-2H3. The predicted octanol–water partition coefficient (Wildman–Crippen LogP) is 3.98. The fourth-order valence-corrected chi connectivity index (χ4v) is 4.00. The lowest BCUT2D eigenvalue weighted by Gasteiger charge is -2.36. The number of fused-ring (bicyclic) bond motifs is 1. The Morgan fingerprint density at radius 3 is 2.45 bits per heavy atom. The minimum absolute atomic E-state index is 0.0329. The Hall–Kier alpha value is -2.09. The summed E-state index contributed by atoms with van der Waals surface area (Å²) in [4.78, 5) is 13.7. The molecule has 22 heavy (non-hydrogen) atoms. The van der Waals surface area contributed by atoms with Gasteiger partial charge in [0.15, 0.2) is 0 Å². The van der Waals surface area contributed by atoms with Gasteiger partial charge in [-0.15, -0.1) is 0 Å². The molecule has 2 heteroatoms. The number of aldehydes is 1. The first-order chi connectivity index (χ1) is 10.7. The normalized spacial score (nSPS) is 23.4. The van der Waals surface area contributed by atoms with E-state index in [1.807, 2.05) is 0 Å². The van der Waals surface area contributed by atoms with E-state index in [2.05, 4.69) is 73.3 Å². The van der Waals surface area contributed by atoms with Gasteiger partial charge in [-0.25, -0.2) is 0 Å². The van der Waals surface area contributed by atoms with Crippen LogP contribution in [0.15, 0.2) is 54.6 Å². The first-order valence-electron chi connectivity index (χ1n) is 8.04. The molecule has 0 N–H and O–H groups in total. The lowest BCUT2D eigenvalue weighted by molar-refractivity contribution is -0.108. The van der Waals surface area contributed by atoms with Crippen LogP contribution in [0.3, 0.4) is 0 Å². The van der Waals surface area contributed by atoms with Crippen LogP contribution in [0.1, 0.15) is 31.4 Å². The third-order valence-corrected chi connectivity index (χ3v) is 5.01. The summed E-state index contributed by atoms with van der Waals surface area (Å²) in [5.74, 6) is 0. The van der Waals surface area contributed by atoms with Crippen molar-refractivity contribution in [3.05, 3.63) is 65.7 Å². The van der Waals surface area contributed by atoms with E-state index in [9.17, 15) is 4.79 Å². The van der Waals surface area contributed by atoms with E-state index in [4.69, 9.17) is 0 Å². The molecular formula is C20H23NO. The summed E-state index contributed by atoms with van der Waals surface area (Å²) in [6, 6.07) is 19.4. The summed E-state index contributed by atoms with van der Waals surface area (Å²) in [7, 11) is 0. The molecule has 2 nitrogen and oxygen atoms in total. The molecule has 2 atom stereocenters. The highest BCUT2D eigenvalue weighted by Crippen LogP contribution is 2.47. The molecule has 2 aromatic rings. The number of anilines is 1. The zero-order valence-corrected chi connectivity index (χ0v) is 13.3. The summed E-state index contributed by atoms with van der Waals surface area (Å²) < 4.78 is 0. The predicted molar refractivity (Wildman–Crippen MR) is 91.4 cm³/mol. The van der Waals surface area contributed by atoms with Crippen molar-refractivity contribution in [2.45, 2.75) is 38.1 Å². The molecule has 1 aliphatic rings. The van der Waals surface area contributed by atoms with Crippen LogP contribution < -0.4 is 4.90 Å². The molecule has 2 aromatic carbocycles. The molecule has 0 aromatic heterocycles. The van der Waals surface area contributed by atoms with Gasteiger partial charge >= 0.3 is 0 Å². The number of para-hydroxylation sites is 1. The number of benzene rings is 2. The average Bonchev–Trinajstić information content (AvgIpc) is 2.78. The minimum atomic E-state index is -0.0329. The molecule has 1 aliphatic heterocycles. The maximum absolute atomic E-state index is 11.3.